The lowest BCUT2D eigenvalue weighted by Gasteiger charge is -2.13. The molecule has 3 rings (SSSR count). The van der Waals surface area contributed by atoms with Crippen molar-refractivity contribution in [2.75, 3.05) is 0 Å². The number of rotatable bonds is 6. The van der Waals surface area contributed by atoms with E-state index in [0.29, 0.717) is 5.75 Å². The minimum atomic E-state index is -3.60. The van der Waals surface area contributed by atoms with Crippen LogP contribution in [-0.2, 0) is 16.6 Å². The summed E-state index contributed by atoms with van der Waals surface area (Å²) in [5.41, 5.74) is 1.67. The molecule has 0 atom stereocenters. The zero-order valence-electron chi connectivity index (χ0n) is 14.3. The molecule has 0 saturated carbocycles. The quantitative estimate of drug-likeness (QED) is 0.709. The number of para-hydroxylation sites is 1. The van der Waals surface area contributed by atoms with E-state index in [2.05, 4.69) is 9.71 Å². The molecule has 132 valence electrons. The van der Waals surface area contributed by atoms with Gasteiger partial charge in [-0.3, -0.25) is 0 Å². The molecule has 1 aromatic heterocycles. The number of sulfonamides is 1. The Labute approximate surface area is 151 Å². The number of hydrogen-bond donors (Lipinski definition) is 1. The van der Waals surface area contributed by atoms with Crippen molar-refractivity contribution >= 4 is 31.6 Å². The molecule has 0 amide bonds. The average Bonchev–Trinajstić information content (AvgIpc) is 2.97. The Bertz CT molecular complexity index is 961. The molecular formula is C18H20N2O3S2. The Morgan fingerprint density at radius 3 is 2.64 bits per heavy atom. The van der Waals surface area contributed by atoms with Gasteiger partial charge in [0, 0.05) is 0 Å². The number of aromatic nitrogens is 1. The van der Waals surface area contributed by atoms with Crippen molar-refractivity contribution in [3.63, 3.8) is 0 Å². The van der Waals surface area contributed by atoms with Crippen LogP contribution in [0.4, 0.5) is 0 Å². The highest BCUT2D eigenvalue weighted by atomic mass is 32.2. The summed E-state index contributed by atoms with van der Waals surface area (Å²) in [6.07, 6.45) is 0.0401. The topological polar surface area (TPSA) is 68.3 Å². The average molecular weight is 377 g/mol. The normalized spacial score (nSPS) is 12.0. The smallest absolute Gasteiger partial charge is 0.240 e. The van der Waals surface area contributed by atoms with Gasteiger partial charge in [-0.1, -0.05) is 12.1 Å². The van der Waals surface area contributed by atoms with Crippen molar-refractivity contribution < 1.29 is 13.2 Å². The van der Waals surface area contributed by atoms with Crippen molar-refractivity contribution in [2.24, 2.45) is 0 Å². The maximum Gasteiger partial charge on any atom is 0.240 e. The molecule has 0 fully saturated rings. The van der Waals surface area contributed by atoms with Crippen LogP contribution in [0.25, 0.3) is 10.2 Å². The Kier molecular flexibility index (Phi) is 5.08. The summed E-state index contributed by atoms with van der Waals surface area (Å²) in [5, 5.41) is 0.737. The van der Waals surface area contributed by atoms with Gasteiger partial charge in [0.15, 0.2) is 0 Å². The zero-order chi connectivity index (χ0) is 18.0. The van der Waals surface area contributed by atoms with E-state index >= 15 is 0 Å². The summed E-state index contributed by atoms with van der Waals surface area (Å²) in [4.78, 5) is 4.67. The fraction of sp³-hybridized carbons (Fsp3) is 0.278. The minimum absolute atomic E-state index is 0.0401. The van der Waals surface area contributed by atoms with Gasteiger partial charge in [0.25, 0.3) is 0 Å². The first kappa shape index (κ1) is 17.8. The number of thiazole rings is 1. The third-order valence-corrected chi connectivity index (χ3v) is 6.01. The lowest BCUT2D eigenvalue weighted by atomic mass is 10.2. The van der Waals surface area contributed by atoms with Gasteiger partial charge in [-0.15, -0.1) is 11.3 Å². The molecule has 1 N–H and O–H groups in total. The summed E-state index contributed by atoms with van der Waals surface area (Å²) in [5.74, 6) is 0.695. The first-order valence-electron chi connectivity index (χ1n) is 7.96. The van der Waals surface area contributed by atoms with Crippen LogP contribution in [0.15, 0.2) is 47.4 Å². The molecule has 2 aromatic carbocycles. The first-order chi connectivity index (χ1) is 11.8. The maximum absolute atomic E-state index is 12.5. The number of nitrogens with zero attached hydrogens (tertiary/aromatic N) is 1. The van der Waals surface area contributed by atoms with E-state index in [4.69, 9.17) is 4.74 Å². The van der Waals surface area contributed by atoms with E-state index in [0.717, 1.165) is 20.8 Å². The van der Waals surface area contributed by atoms with Crippen molar-refractivity contribution in [1.82, 2.24) is 9.71 Å². The van der Waals surface area contributed by atoms with E-state index in [1.807, 2.05) is 45.0 Å². The summed E-state index contributed by atoms with van der Waals surface area (Å²) >= 11 is 1.49. The molecule has 25 heavy (non-hydrogen) atoms. The molecule has 0 saturated heterocycles. The summed E-state index contributed by atoms with van der Waals surface area (Å²) in [6, 6.07) is 12.6. The molecule has 0 unspecified atom stereocenters. The second-order valence-corrected chi connectivity index (χ2v) is 8.88. The lowest BCUT2D eigenvalue weighted by molar-refractivity contribution is 0.240. The molecule has 0 aliphatic rings. The molecular weight excluding hydrogens is 356 g/mol. The van der Waals surface area contributed by atoms with E-state index in [-0.39, 0.29) is 17.5 Å². The summed E-state index contributed by atoms with van der Waals surface area (Å²) < 4.78 is 34.4. The number of fused-ring (bicyclic) bond motifs is 1. The third-order valence-electron chi connectivity index (χ3n) is 3.57. The number of ether oxygens (including phenoxy) is 1. The van der Waals surface area contributed by atoms with Gasteiger partial charge in [0.2, 0.25) is 10.0 Å². The number of benzene rings is 2. The molecule has 5 nitrogen and oxygen atoms in total. The predicted molar refractivity (Wildman–Crippen MR) is 101 cm³/mol. The van der Waals surface area contributed by atoms with Crippen LogP contribution in [0.3, 0.4) is 0 Å². The van der Waals surface area contributed by atoms with Gasteiger partial charge in [0.1, 0.15) is 10.8 Å². The molecule has 0 radical (unpaired) electrons. The van der Waals surface area contributed by atoms with E-state index in [1.54, 1.807) is 18.2 Å². The molecule has 0 bridgehead atoms. The fourth-order valence-electron chi connectivity index (χ4n) is 2.41. The molecule has 0 spiro atoms. The van der Waals surface area contributed by atoms with Gasteiger partial charge in [-0.05, 0) is 56.7 Å². The summed E-state index contributed by atoms with van der Waals surface area (Å²) in [6.45, 7) is 5.88. The van der Waals surface area contributed by atoms with E-state index in [9.17, 15) is 8.42 Å². The molecule has 7 heteroatoms. The fourth-order valence-corrected chi connectivity index (χ4v) is 4.48. The molecule has 1 heterocycles. The van der Waals surface area contributed by atoms with Gasteiger partial charge in [-0.2, -0.15) is 0 Å². The van der Waals surface area contributed by atoms with Gasteiger partial charge >= 0.3 is 0 Å². The largest absolute Gasteiger partial charge is 0.491 e. The van der Waals surface area contributed by atoms with Gasteiger partial charge < -0.3 is 4.74 Å². The lowest BCUT2D eigenvalue weighted by Crippen LogP contribution is -2.23. The van der Waals surface area contributed by atoms with Crippen molar-refractivity contribution in [1.29, 1.82) is 0 Å². The Morgan fingerprint density at radius 1 is 1.20 bits per heavy atom. The first-order valence-corrected chi connectivity index (χ1v) is 10.3. The Hall–Kier alpha value is -1.96. The Balaban J connectivity index is 1.76. The van der Waals surface area contributed by atoms with Crippen LogP contribution in [0, 0.1) is 6.92 Å². The van der Waals surface area contributed by atoms with Crippen molar-refractivity contribution in [3.05, 3.63) is 53.0 Å². The monoisotopic (exact) mass is 376 g/mol. The van der Waals surface area contributed by atoms with Gasteiger partial charge in [-0.25, -0.2) is 18.1 Å². The molecule has 3 aromatic rings. The minimum Gasteiger partial charge on any atom is -0.491 e. The summed E-state index contributed by atoms with van der Waals surface area (Å²) in [7, 11) is -3.60. The highest BCUT2D eigenvalue weighted by Gasteiger charge is 2.16. The van der Waals surface area contributed by atoms with Gasteiger partial charge in [0.05, 0.1) is 27.8 Å². The highest BCUT2D eigenvalue weighted by molar-refractivity contribution is 7.89. The van der Waals surface area contributed by atoms with Crippen LogP contribution >= 0.6 is 11.3 Å². The van der Waals surface area contributed by atoms with Crippen molar-refractivity contribution in [2.45, 2.75) is 38.3 Å². The second kappa shape index (κ2) is 7.11. The van der Waals surface area contributed by atoms with Crippen LogP contribution < -0.4 is 9.46 Å². The zero-order valence-corrected chi connectivity index (χ0v) is 15.9. The SMILES string of the molecule is Cc1cc(S(=O)(=O)NCc2nc3ccccc3s2)ccc1OC(C)C. The number of aryl methyl sites for hydroxylation is 1. The predicted octanol–water partition coefficient (Wildman–Crippen LogP) is 3.87. The number of nitrogens with one attached hydrogen (secondary N) is 1. The highest BCUT2D eigenvalue weighted by Crippen LogP contribution is 2.24. The Morgan fingerprint density at radius 2 is 1.96 bits per heavy atom. The van der Waals surface area contributed by atoms with Crippen LogP contribution in [0.5, 0.6) is 5.75 Å². The standard InChI is InChI=1S/C18H20N2O3S2/c1-12(2)23-16-9-8-14(10-13(16)3)25(21,22)19-11-18-20-15-6-4-5-7-17(15)24-18/h4-10,12,19H,11H2,1-3H3. The van der Waals surface area contributed by atoms with E-state index in [1.165, 1.54) is 11.3 Å². The molecule has 0 aliphatic carbocycles. The van der Waals surface area contributed by atoms with Crippen LogP contribution in [-0.4, -0.2) is 19.5 Å². The third kappa shape index (κ3) is 4.18. The van der Waals surface area contributed by atoms with Crippen LogP contribution in [0.2, 0.25) is 0 Å². The van der Waals surface area contributed by atoms with Crippen molar-refractivity contribution in [3.8, 4) is 5.75 Å². The maximum atomic E-state index is 12.5. The molecule has 0 aliphatic heterocycles. The second-order valence-electron chi connectivity index (χ2n) is 5.99. The van der Waals surface area contributed by atoms with Crippen LogP contribution in [0.1, 0.15) is 24.4 Å². The van der Waals surface area contributed by atoms with E-state index < -0.39 is 10.0 Å². The number of hydrogen-bond acceptors (Lipinski definition) is 5.